The van der Waals surface area contributed by atoms with Gasteiger partial charge in [0.15, 0.2) is 5.11 Å². The quantitative estimate of drug-likeness (QED) is 0.510. The highest BCUT2D eigenvalue weighted by molar-refractivity contribution is 7.80. The Morgan fingerprint density at radius 3 is 1.43 bits per heavy atom. The lowest BCUT2D eigenvalue weighted by Gasteiger charge is -1.68. The lowest BCUT2D eigenvalue weighted by molar-refractivity contribution is 0.697. The van der Waals surface area contributed by atoms with Gasteiger partial charge in [-0.3, -0.25) is 0 Å². The Morgan fingerprint density at radius 1 is 1.43 bits per heavy atom. The molecule has 0 bridgehead atoms. The Bertz CT molecular complexity index is 47.0. The molecular formula is CH4Cl2N2OS. The van der Waals surface area contributed by atoms with Crippen LogP contribution in [0.2, 0.25) is 0 Å². The van der Waals surface area contributed by atoms with E-state index in [-0.39, 0.29) is 5.11 Å². The van der Waals surface area contributed by atoms with Crippen molar-refractivity contribution in [3.05, 3.63) is 0 Å². The van der Waals surface area contributed by atoms with Gasteiger partial charge in [-0.15, -0.1) is 0 Å². The monoisotopic (exact) mass is 162 g/mol. The van der Waals surface area contributed by atoms with E-state index in [1.807, 2.05) is 0 Å². The van der Waals surface area contributed by atoms with E-state index in [9.17, 15) is 0 Å². The van der Waals surface area contributed by atoms with E-state index in [0.29, 0.717) is 0 Å². The van der Waals surface area contributed by atoms with Crippen LogP contribution in [0.3, 0.4) is 0 Å². The molecule has 0 radical (unpaired) electrons. The van der Waals surface area contributed by atoms with Gasteiger partial charge in [-0.2, -0.15) is 3.84 Å². The van der Waals surface area contributed by atoms with Gasteiger partial charge in [-0.1, -0.05) is 0 Å². The number of halogens is 2. The van der Waals surface area contributed by atoms with Crippen LogP contribution in [-0.2, 0) is 3.84 Å². The standard InChI is InChI=1S/CH4N2S.Cl2O/c2-1(3)4;1-3-2/h(H4,2,3,4);. The summed E-state index contributed by atoms with van der Waals surface area (Å²) in [5, 5.41) is 0.000000000000000222. The molecule has 0 aliphatic rings. The summed E-state index contributed by atoms with van der Waals surface area (Å²) in [7, 11) is 0. The van der Waals surface area contributed by atoms with Gasteiger partial charge in [-0.25, -0.2) is 0 Å². The fraction of sp³-hybridized carbons (Fsp3) is 0. The normalized spacial score (nSPS) is 6.00. The molecule has 0 aliphatic carbocycles. The van der Waals surface area contributed by atoms with Crippen molar-refractivity contribution in [2.75, 3.05) is 0 Å². The average Bonchev–Trinajstić information content (AvgIpc) is 1.33. The molecule has 0 spiro atoms. The molecular weight excluding hydrogens is 159 g/mol. The summed E-state index contributed by atoms with van der Waals surface area (Å²) in [6.45, 7) is 0. The van der Waals surface area contributed by atoms with Crippen molar-refractivity contribution in [3.8, 4) is 0 Å². The highest BCUT2D eigenvalue weighted by Crippen LogP contribution is 1.78. The van der Waals surface area contributed by atoms with Crippen molar-refractivity contribution in [1.82, 2.24) is 0 Å². The van der Waals surface area contributed by atoms with Crippen molar-refractivity contribution in [2.24, 2.45) is 11.5 Å². The molecule has 3 nitrogen and oxygen atoms in total. The van der Waals surface area contributed by atoms with E-state index >= 15 is 0 Å². The van der Waals surface area contributed by atoms with Crippen LogP contribution in [0.15, 0.2) is 0 Å². The van der Waals surface area contributed by atoms with Gasteiger partial charge in [0.05, 0.1) is 23.7 Å². The molecule has 7 heavy (non-hydrogen) atoms. The van der Waals surface area contributed by atoms with Gasteiger partial charge in [0.1, 0.15) is 0 Å². The molecule has 0 atom stereocenters. The lowest BCUT2D eigenvalue weighted by atomic mass is 11.3. The topological polar surface area (TPSA) is 61.3 Å². The first-order chi connectivity index (χ1) is 3.15. The van der Waals surface area contributed by atoms with Crippen LogP contribution in [0.25, 0.3) is 0 Å². The third-order valence-corrected chi connectivity index (χ3v) is 0. The van der Waals surface area contributed by atoms with Gasteiger partial charge in [-0.05, 0) is 12.2 Å². The minimum absolute atomic E-state index is 0.000000000000000222. The van der Waals surface area contributed by atoms with Crippen molar-refractivity contribution >= 4 is 41.1 Å². The molecule has 44 valence electrons. The largest absolute Gasteiger partial charge is 0.377 e. The van der Waals surface area contributed by atoms with Gasteiger partial charge >= 0.3 is 0 Å². The molecule has 6 heteroatoms. The fourth-order valence-corrected chi connectivity index (χ4v) is 0. The molecule has 0 aromatic heterocycles. The van der Waals surface area contributed by atoms with E-state index in [1.54, 1.807) is 0 Å². The molecule has 0 aromatic rings. The maximum Gasteiger partial charge on any atom is 0.160 e. The highest BCUT2D eigenvalue weighted by atomic mass is 35.6. The second-order valence-electron chi connectivity index (χ2n) is 0.461. The third kappa shape index (κ3) is 2110. The Kier molecular flexibility index (Phi) is 14.0. The van der Waals surface area contributed by atoms with Gasteiger partial charge < -0.3 is 11.5 Å². The molecule has 0 rings (SSSR count). The van der Waals surface area contributed by atoms with Crippen LogP contribution in [0, 0.1) is 0 Å². The van der Waals surface area contributed by atoms with E-state index < -0.39 is 0 Å². The Balaban J connectivity index is 0. The summed E-state index contributed by atoms with van der Waals surface area (Å²) < 4.78 is 3.19. The average molecular weight is 163 g/mol. The maximum atomic E-state index is 4.62. The number of nitrogens with two attached hydrogens (primary N) is 2. The predicted octanol–water partition coefficient (Wildman–Crippen LogP) is 0.499. The molecule has 0 aromatic carbocycles. The minimum atomic E-state index is 0.000000000000000222. The predicted molar refractivity (Wildman–Crippen MR) is 33.8 cm³/mol. The van der Waals surface area contributed by atoms with Crippen molar-refractivity contribution in [2.45, 2.75) is 0 Å². The molecule has 0 saturated heterocycles. The zero-order valence-corrected chi connectivity index (χ0v) is 5.56. The van der Waals surface area contributed by atoms with Crippen LogP contribution in [-0.4, -0.2) is 5.11 Å². The Labute approximate surface area is 56.8 Å². The third-order valence-electron chi connectivity index (χ3n) is 0. The number of hydrogen-bond acceptors (Lipinski definition) is 2. The van der Waals surface area contributed by atoms with Gasteiger partial charge in [0, 0.05) is 0 Å². The molecule has 0 unspecified atom stereocenters. The van der Waals surface area contributed by atoms with Crippen LogP contribution in [0.1, 0.15) is 0 Å². The first-order valence-electron chi connectivity index (χ1n) is 1.09. The fourth-order valence-electron chi connectivity index (χ4n) is 0. The molecule has 0 aliphatic heterocycles. The second-order valence-corrected chi connectivity index (χ2v) is 1.40. The molecule has 4 N–H and O–H groups in total. The molecule has 0 saturated carbocycles. The summed E-state index contributed by atoms with van der Waals surface area (Å²) >= 11 is 12.6. The molecule has 0 amide bonds. The van der Waals surface area contributed by atoms with E-state index in [0.717, 1.165) is 0 Å². The zero-order valence-electron chi connectivity index (χ0n) is 3.23. The van der Waals surface area contributed by atoms with E-state index in [4.69, 9.17) is 0 Å². The summed E-state index contributed by atoms with van der Waals surface area (Å²) in [4.78, 5) is 0. The first kappa shape index (κ1) is 10.3. The van der Waals surface area contributed by atoms with Crippen LogP contribution in [0.5, 0.6) is 0 Å². The summed E-state index contributed by atoms with van der Waals surface area (Å²) in [5.74, 6) is 0. The van der Waals surface area contributed by atoms with Crippen molar-refractivity contribution in [1.29, 1.82) is 0 Å². The summed E-state index contributed by atoms with van der Waals surface area (Å²) in [6.07, 6.45) is 0. The van der Waals surface area contributed by atoms with Crippen molar-refractivity contribution in [3.63, 3.8) is 0 Å². The van der Waals surface area contributed by atoms with Gasteiger partial charge in [0.25, 0.3) is 0 Å². The van der Waals surface area contributed by atoms with E-state index in [2.05, 4.69) is 51.3 Å². The second kappa shape index (κ2) is 9.52. The van der Waals surface area contributed by atoms with Crippen LogP contribution >= 0.6 is 35.9 Å². The minimum Gasteiger partial charge on any atom is -0.377 e. The Hall–Kier alpha value is 0.230. The smallest absolute Gasteiger partial charge is 0.160 e. The van der Waals surface area contributed by atoms with E-state index in [1.165, 1.54) is 0 Å². The van der Waals surface area contributed by atoms with Crippen molar-refractivity contribution < 1.29 is 3.84 Å². The number of hydrogen-bond donors (Lipinski definition) is 2. The summed E-state index contributed by atoms with van der Waals surface area (Å²) in [5.41, 5.74) is 9.24. The number of rotatable bonds is 0. The lowest BCUT2D eigenvalue weighted by Crippen LogP contribution is -2.18. The Morgan fingerprint density at radius 2 is 1.43 bits per heavy atom. The maximum absolute atomic E-state index is 4.62. The van der Waals surface area contributed by atoms with Gasteiger partial charge in [0.2, 0.25) is 0 Å². The molecule has 0 heterocycles. The number of thiocarbonyl (C=S) groups is 1. The highest BCUT2D eigenvalue weighted by Gasteiger charge is 1.53. The van der Waals surface area contributed by atoms with Crippen LogP contribution in [0.4, 0.5) is 0 Å². The zero-order chi connectivity index (χ0) is 6.28. The van der Waals surface area contributed by atoms with Crippen LogP contribution < -0.4 is 11.5 Å². The summed E-state index contributed by atoms with van der Waals surface area (Å²) in [6, 6.07) is 0. The molecule has 0 fully saturated rings. The first-order valence-corrected chi connectivity index (χ1v) is 2.12. The SMILES string of the molecule is ClOCl.NC(N)=S.